The van der Waals surface area contributed by atoms with E-state index in [0.29, 0.717) is 6.54 Å². The average molecular weight is 446 g/mol. The molecule has 4 fully saturated rings. The third-order valence-corrected chi connectivity index (χ3v) is 7.59. The summed E-state index contributed by atoms with van der Waals surface area (Å²) < 4.78 is 16.8. The maximum absolute atomic E-state index is 12.7. The van der Waals surface area contributed by atoms with Crippen LogP contribution in [0, 0.1) is 0 Å². The van der Waals surface area contributed by atoms with Gasteiger partial charge in [0.25, 0.3) is 0 Å². The smallest absolute Gasteiger partial charge is 0.249 e. The lowest BCUT2D eigenvalue weighted by atomic mass is 9.90. The van der Waals surface area contributed by atoms with Crippen molar-refractivity contribution in [3.8, 4) is 5.75 Å². The highest BCUT2D eigenvalue weighted by Crippen LogP contribution is 2.33. The summed E-state index contributed by atoms with van der Waals surface area (Å²) in [5.41, 5.74) is 0.425. The second-order valence-electron chi connectivity index (χ2n) is 9.67. The predicted molar refractivity (Wildman–Crippen MR) is 120 cm³/mol. The summed E-state index contributed by atoms with van der Waals surface area (Å²) >= 11 is 0. The number of carbonyl (C=O) groups is 1. The van der Waals surface area contributed by atoms with E-state index in [1.54, 1.807) is 7.11 Å². The molecular weight excluding hydrogens is 410 g/mol. The second kappa shape index (κ2) is 9.17. The molecule has 32 heavy (non-hydrogen) atoms. The van der Waals surface area contributed by atoms with Gasteiger partial charge in [-0.1, -0.05) is 6.07 Å². The number of ether oxygens (including phenoxy) is 3. The molecule has 1 N–H and O–H groups in total. The SMILES string of the molecule is COc1cccc(N2CCC(O)(CN3C[C@@H]4OCC(=O)N(C5CCOCC5)[C@H]4C3)CC2)c1. The molecule has 0 radical (unpaired) electrons. The van der Waals surface area contributed by atoms with E-state index in [1.807, 2.05) is 12.1 Å². The van der Waals surface area contributed by atoms with Crippen molar-refractivity contribution in [3.63, 3.8) is 0 Å². The van der Waals surface area contributed by atoms with Crippen molar-refractivity contribution in [1.29, 1.82) is 0 Å². The van der Waals surface area contributed by atoms with Crippen LogP contribution in [0.4, 0.5) is 5.69 Å². The number of carbonyl (C=O) groups excluding carboxylic acids is 1. The van der Waals surface area contributed by atoms with Crippen LogP contribution in [0.1, 0.15) is 25.7 Å². The largest absolute Gasteiger partial charge is 0.497 e. The summed E-state index contributed by atoms with van der Waals surface area (Å²) in [6.07, 6.45) is 3.29. The van der Waals surface area contributed by atoms with E-state index in [1.165, 1.54) is 0 Å². The monoisotopic (exact) mass is 445 g/mol. The molecule has 1 aromatic carbocycles. The maximum Gasteiger partial charge on any atom is 0.249 e. The van der Waals surface area contributed by atoms with Gasteiger partial charge in [-0.2, -0.15) is 0 Å². The lowest BCUT2D eigenvalue weighted by molar-refractivity contribution is -0.159. The molecule has 8 heteroatoms. The summed E-state index contributed by atoms with van der Waals surface area (Å²) in [4.78, 5) is 19.4. The Morgan fingerprint density at radius 2 is 1.97 bits per heavy atom. The number of piperidine rings is 1. The van der Waals surface area contributed by atoms with E-state index in [0.717, 1.165) is 76.5 Å². The van der Waals surface area contributed by atoms with E-state index < -0.39 is 5.60 Å². The molecular formula is C24H35N3O5. The Morgan fingerprint density at radius 3 is 2.72 bits per heavy atom. The summed E-state index contributed by atoms with van der Waals surface area (Å²) in [5, 5.41) is 11.4. The van der Waals surface area contributed by atoms with Gasteiger partial charge in [0.1, 0.15) is 12.4 Å². The number of hydrogen-bond donors (Lipinski definition) is 1. The number of nitrogens with zero attached hydrogens (tertiary/aromatic N) is 3. The molecule has 2 atom stereocenters. The molecule has 0 unspecified atom stereocenters. The highest BCUT2D eigenvalue weighted by atomic mass is 16.5. The maximum atomic E-state index is 12.7. The number of amides is 1. The zero-order valence-electron chi connectivity index (χ0n) is 18.9. The van der Waals surface area contributed by atoms with E-state index in [-0.39, 0.29) is 30.7 Å². The van der Waals surface area contributed by atoms with Gasteiger partial charge in [0.05, 0.1) is 24.9 Å². The fourth-order valence-corrected chi connectivity index (χ4v) is 5.83. The minimum atomic E-state index is -0.712. The number of β-amino-alcohol motifs (C(OH)–C–C–N with tert-alkyl or cyclic N) is 1. The van der Waals surface area contributed by atoms with Gasteiger partial charge >= 0.3 is 0 Å². The minimum absolute atomic E-state index is 0.0380. The lowest BCUT2D eigenvalue weighted by Gasteiger charge is -2.43. The Balaban J connectivity index is 1.19. The van der Waals surface area contributed by atoms with Crippen LogP contribution in [0.2, 0.25) is 0 Å². The van der Waals surface area contributed by atoms with Gasteiger partial charge in [0, 0.05) is 63.7 Å². The van der Waals surface area contributed by atoms with Crippen LogP contribution in [-0.4, -0.2) is 104 Å². The number of anilines is 1. The minimum Gasteiger partial charge on any atom is -0.497 e. The first-order chi connectivity index (χ1) is 15.5. The van der Waals surface area contributed by atoms with Crippen LogP contribution in [0.15, 0.2) is 24.3 Å². The first-order valence-corrected chi connectivity index (χ1v) is 11.9. The standard InChI is InChI=1S/C24H35N3O5/c1-30-20-4-2-3-19(13-20)26-9-7-24(29,8-10-26)17-25-14-21-22(15-25)32-16-23(28)27(21)18-5-11-31-12-6-18/h2-4,13,18,21-22,29H,5-12,14-17H2,1H3/t21-,22-/m0/s1. The zero-order chi connectivity index (χ0) is 22.1. The molecule has 176 valence electrons. The van der Waals surface area contributed by atoms with E-state index >= 15 is 0 Å². The molecule has 0 saturated carbocycles. The highest BCUT2D eigenvalue weighted by Gasteiger charge is 2.47. The van der Waals surface area contributed by atoms with Gasteiger partial charge in [0.15, 0.2) is 0 Å². The van der Waals surface area contributed by atoms with Crippen LogP contribution in [-0.2, 0) is 14.3 Å². The molecule has 1 amide bonds. The summed E-state index contributed by atoms with van der Waals surface area (Å²) in [5.74, 6) is 0.956. The molecule has 0 aliphatic carbocycles. The Kier molecular flexibility index (Phi) is 6.29. The molecule has 5 rings (SSSR count). The fraction of sp³-hybridized carbons (Fsp3) is 0.708. The van der Waals surface area contributed by atoms with Crippen molar-refractivity contribution in [2.24, 2.45) is 0 Å². The fourth-order valence-electron chi connectivity index (χ4n) is 5.83. The molecule has 0 aromatic heterocycles. The number of benzene rings is 1. The predicted octanol–water partition coefficient (Wildman–Crippen LogP) is 1.12. The Morgan fingerprint density at radius 1 is 1.19 bits per heavy atom. The molecule has 8 nitrogen and oxygen atoms in total. The second-order valence-corrected chi connectivity index (χ2v) is 9.67. The Bertz CT molecular complexity index is 807. The van der Waals surface area contributed by atoms with Crippen LogP contribution >= 0.6 is 0 Å². The first kappa shape index (κ1) is 21.9. The topological polar surface area (TPSA) is 74.7 Å². The molecule has 0 bridgehead atoms. The van der Waals surface area contributed by atoms with E-state index in [2.05, 4.69) is 26.8 Å². The molecule has 4 aliphatic heterocycles. The van der Waals surface area contributed by atoms with Gasteiger partial charge < -0.3 is 29.1 Å². The molecule has 1 aromatic rings. The first-order valence-electron chi connectivity index (χ1n) is 11.9. The van der Waals surface area contributed by atoms with Crippen LogP contribution in [0.25, 0.3) is 0 Å². The van der Waals surface area contributed by atoms with Crippen LogP contribution in [0.3, 0.4) is 0 Å². The number of fused-ring (bicyclic) bond motifs is 1. The van der Waals surface area contributed by atoms with Crippen LogP contribution in [0.5, 0.6) is 5.75 Å². The Hall–Kier alpha value is -1.87. The van der Waals surface area contributed by atoms with E-state index in [4.69, 9.17) is 14.2 Å². The van der Waals surface area contributed by atoms with Crippen molar-refractivity contribution in [2.75, 3.05) is 64.6 Å². The van der Waals surface area contributed by atoms with Crippen molar-refractivity contribution >= 4 is 11.6 Å². The van der Waals surface area contributed by atoms with E-state index in [9.17, 15) is 9.90 Å². The number of aliphatic hydroxyl groups is 1. The highest BCUT2D eigenvalue weighted by molar-refractivity contribution is 5.79. The number of hydrogen-bond acceptors (Lipinski definition) is 7. The number of methoxy groups -OCH3 is 1. The van der Waals surface area contributed by atoms with Crippen molar-refractivity contribution in [1.82, 2.24) is 9.80 Å². The van der Waals surface area contributed by atoms with Crippen LogP contribution < -0.4 is 9.64 Å². The van der Waals surface area contributed by atoms with Gasteiger partial charge in [0.2, 0.25) is 5.91 Å². The van der Waals surface area contributed by atoms with Gasteiger partial charge in [-0.25, -0.2) is 0 Å². The average Bonchev–Trinajstić information content (AvgIpc) is 3.21. The quantitative estimate of drug-likeness (QED) is 0.728. The summed E-state index contributed by atoms with van der Waals surface area (Å²) in [6, 6.07) is 8.44. The summed E-state index contributed by atoms with van der Waals surface area (Å²) in [7, 11) is 1.68. The molecule has 4 aliphatic rings. The van der Waals surface area contributed by atoms with Gasteiger partial charge in [-0.05, 0) is 37.8 Å². The number of morpholine rings is 1. The van der Waals surface area contributed by atoms with Crippen molar-refractivity contribution in [2.45, 2.75) is 49.5 Å². The third-order valence-electron chi connectivity index (χ3n) is 7.59. The third kappa shape index (κ3) is 4.46. The number of rotatable bonds is 5. The Labute approximate surface area is 190 Å². The molecule has 0 spiro atoms. The molecule has 4 heterocycles. The zero-order valence-corrected chi connectivity index (χ0v) is 18.9. The lowest BCUT2D eigenvalue weighted by Crippen LogP contribution is -2.59. The molecule has 4 saturated heterocycles. The summed E-state index contributed by atoms with van der Waals surface area (Å²) in [6.45, 7) is 5.42. The van der Waals surface area contributed by atoms with Gasteiger partial charge in [-0.3, -0.25) is 9.69 Å². The van der Waals surface area contributed by atoms with Crippen molar-refractivity contribution < 1.29 is 24.1 Å². The number of likely N-dealkylation sites (tertiary alicyclic amines) is 1. The van der Waals surface area contributed by atoms with Crippen molar-refractivity contribution in [3.05, 3.63) is 24.3 Å². The van der Waals surface area contributed by atoms with Gasteiger partial charge in [-0.15, -0.1) is 0 Å². The normalized spacial score (nSPS) is 29.2.